The molecule has 0 radical (unpaired) electrons. The first kappa shape index (κ1) is 15.6. The second-order valence-corrected chi connectivity index (χ2v) is 5.23. The highest BCUT2D eigenvalue weighted by Crippen LogP contribution is 2.22. The molecule has 0 aliphatic carbocycles. The molecule has 1 N–H and O–H groups in total. The number of carbonyl (C=O) groups is 1. The van der Waals surface area contributed by atoms with Gasteiger partial charge in [-0.15, -0.1) is 0 Å². The number of amides is 1. The van der Waals surface area contributed by atoms with Crippen LogP contribution >= 0.6 is 23.2 Å². The minimum absolute atomic E-state index is 0.137. The van der Waals surface area contributed by atoms with Crippen molar-refractivity contribution in [2.24, 2.45) is 0 Å². The maximum absolute atomic E-state index is 11.7. The number of nitrogens with one attached hydrogen (secondary N) is 1. The quantitative estimate of drug-likeness (QED) is 0.654. The van der Waals surface area contributed by atoms with E-state index in [2.05, 4.69) is 10.4 Å². The highest BCUT2D eigenvalue weighted by molar-refractivity contribution is 6.42. The van der Waals surface area contributed by atoms with Gasteiger partial charge in [0.1, 0.15) is 0 Å². The van der Waals surface area contributed by atoms with Crippen LogP contribution in [0.5, 0.6) is 0 Å². The number of aryl methyl sites for hydroxylation is 1. The van der Waals surface area contributed by atoms with Crippen LogP contribution in [0.15, 0.2) is 42.7 Å². The lowest BCUT2D eigenvalue weighted by molar-refractivity contribution is -0.116. The fraction of sp³-hybridized carbons (Fsp3) is 0.200. The number of rotatable bonds is 6. The number of aromatic nitrogens is 2. The van der Waals surface area contributed by atoms with Crippen molar-refractivity contribution in [1.29, 1.82) is 0 Å². The lowest BCUT2D eigenvalue weighted by Crippen LogP contribution is -2.23. The Morgan fingerprint density at radius 1 is 1.33 bits per heavy atom. The lowest BCUT2D eigenvalue weighted by Gasteiger charge is -2.03. The van der Waals surface area contributed by atoms with E-state index in [9.17, 15) is 4.79 Å². The molecule has 110 valence electrons. The second kappa shape index (κ2) is 7.86. The molecular weight excluding hydrogens is 309 g/mol. The van der Waals surface area contributed by atoms with Gasteiger partial charge in [-0.05, 0) is 36.3 Å². The third-order valence-corrected chi connectivity index (χ3v) is 3.53. The number of benzene rings is 1. The summed E-state index contributed by atoms with van der Waals surface area (Å²) in [5.41, 5.74) is 0.830. The third kappa shape index (κ3) is 5.25. The van der Waals surface area contributed by atoms with Crippen molar-refractivity contribution in [2.45, 2.75) is 13.0 Å². The first-order chi connectivity index (χ1) is 10.1. The summed E-state index contributed by atoms with van der Waals surface area (Å²) in [4.78, 5) is 11.7. The molecule has 0 atom stereocenters. The van der Waals surface area contributed by atoms with Gasteiger partial charge in [0.25, 0.3) is 0 Å². The number of nitrogens with zero attached hydrogens (tertiary/aromatic N) is 2. The SMILES string of the molecule is O=C(/C=C/c1ccc(Cl)c(Cl)c1)NCCCn1cccn1. The average molecular weight is 324 g/mol. The predicted molar refractivity (Wildman–Crippen MR) is 85.3 cm³/mol. The summed E-state index contributed by atoms with van der Waals surface area (Å²) in [6.45, 7) is 1.38. The third-order valence-electron chi connectivity index (χ3n) is 2.79. The van der Waals surface area contributed by atoms with Crippen LogP contribution in [-0.2, 0) is 11.3 Å². The van der Waals surface area contributed by atoms with E-state index in [1.54, 1.807) is 30.5 Å². The molecule has 21 heavy (non-hydrogen) atoms. The van der Waals surface area contributed by atoms with Crippen molar-refractivity contribution in [2.75, 3.05) is 6.54 Å². The first-order valence-corrected chi connectivity index (χ1v) is 7.29. The Labute approximate surface area is 133 Å². The molecule has 2 rings (SSSR count). The number of halogens is 2. The highest BCUT2D eigenvalue weighted by atomic mass is 35.5. The minimum Gasteiger partial charge on any atom is -0.352 e. The summed E-state index contributed by atoms with van der Waals surface area (Å²) in [6, 6.07) is 7.09. The van der Waals surface area contributed by atoms with E-state index in [-0.39, 0.29) is 5.91 Å². The smallest absolute Gasteiger partial charge is 0.244 e. The van der Waals surface area contributed by atoms with Gasteiger partial charge in [-0.3, -0.25) is 9.48 Å². The number of hydrogen-bond acceptors (Lipinski definition) is 2. The Morgan fingerprint density at radius 2 is 2.19 bits per heavy atom. The molecule has 1 heterocycles. The molecule has 1 amide bonds. The van der Waals surface area contributed by atoms with E-state index >= 15 is 0 Å². The molecule has 0 bridgehead atoms. The fourth-order valence-corrected chi connectivity index (χ4v) is 2.04. The van der Waals surface area contributed by atoms with Gasteiger partial charge in [-0.2, -0.15) is 5.10 Å². The van der Waals surface area contributed by atoms with Crippen molar-refractivity contribution in [1.82, 2.24) is 15.1 Å². The molecule has 4 nitrogen and oxygen atoms in total. The minimum atomic E-state index is -0.137. The summed E-state index contributed by atoms with van der Waals surface area (Å²) in [6.07, 6.45) is 7.64. The Balaban J connectivity index is 1.73. The molecule has 1 aromatic carbocycles. The highest BCUT2D eigenvalue weighted by Gasteiger charge is 1.99. The van der Waals surface area contributed by atoms with Crippen molar-refractivity contribution in [3.8, 4) is 0 Å². The predicted octanol–water partition coefficient (Wildman–Crippen LogP) is 3.41. The van der Waals surface area contributed by atoms with Crippen molar-refractivity contribution in [3.63, 3.8) is 0 Å². The zero-order valence-corrected chi connectivity index (χ0v) is 12.8. The van der Waals surface area contributed by atoms with E-state index in [1.165, 1.54) is 6.08 Å². The maximum Gasteiger partial charge on any atom is 0.244 e. The molecular formula is C15H15Cl2N3O. The Kier molecular flexibility index (Phi) is 5.84. The van der Waals surface area contributed by atoms with Gasteiger partial charge in [0.05, 0.1) is 10.0 Å². The molecule has 0 saturated carbocycles. The van der Waals surface area contributed by atoms with Crippen LogP contribution in [0.1, 0.15) is 12.0 Å². The fourth-order valence-electron chi connectivity index (χ4n) is 1.73. The molecule has 0 fully saturated rings. The first-order valence-electron chi connectivity index (χ1n) is 6.53. The topological polar surface area (TPSA) is 46.9 Å². The Morgan fingerprint density at radius 3 is 2.90 bits per heavy atom. The second-order valence-electron chi connectivity index (χ2n) is 4.42. The number of hydrogen-bond donors (Lipinski definition) is 1. The van der Waals surface area contributed by atoms with E-state index in [0.29, 0.717) is 16.6 Å². The van der Waals surface area contributed by atoms with E-state index in [4.69, 9.17) is 23.2 Å². The molecule has 0 unspecified atom stereocenters. The summed E-state index contributed by atoms with van der Waals surface area (Å²) in [5, 5.41) is 7.87. The van der Waals surface area contributed by atoms with Gasteiger partial charge in [-0.25, -0.2) is 0 Å². The van der Waals surface area contributed by atoms with E-state index < -0.39 is 0 Å². The van der Waals surface area contributed by atoms with Gasteiger partial charge in [0.2, 0.25) is 5.91 Å². The Hall–Kier alpha value is -1.78. The average Bonchev–Trinajstić information content (AvgIpc) is 2.98. The van der Waals surface area contributed by atoms with Crippen LogP contribution in [0.2, 0.25) is 10.0 Å². The van der Waals surface area contributed by atoms with E-state index in [0.717, 1.165) is 18.5 Å². The van der Waals surface area contributed by atoms with Crippen LogP contribution in [0, 0.1) is 0 Å². The van der Waals surface area contributed by atoms with Crippen LogP contribution in [0.3, 0.4) is 0 Å². The monoisotopic (exact) mass is 323 g/mol. The van der Waals surface area contributed by atoms with Crippen molar-refractivity contribution >= 4 is 35.2 Å². The van der Waals surface area contributed by atoms with Gasteiger partial charge in [-0.1, -0.05) is 29.3 Å². The molecule has 2 aromatic rings. The summed E-state index contributed by atoms with van der Waals surface area (Å²) < 4.78 is 1.83. The van der Waals surface area contributed by atoms with Gasteiger partial charge in [0.15, 0.2) is 0 Å². The molecule has 0 saturated heterocycles. The summed E-state index contributed by atoms with van der Waals surface area (Å²) >= 11 is 11.7. The molecule has 0 spiro atoms. The van der Waals surface area contributed by atoms with Gasteiger partial charge in [0, 0.05) is 31.6 Å². The van der Waals surface area contributed by atoms with Crippen LogP contribution in [0.4, 0.5) is 0 Å². The van der Waals surface area contributed by atoms with Gasteiger partial charge < -0.3 is 5.32 Å². The zero-order valence-electron chi connectivity index (χ0n) is 11.3. The molecule has 6 heteroatoms. The van der Waals surface area contributed by atoms with Crippen LogP contribution in [-0.4, -0.2) is 22.2 Å². The lowest BCUT2D eigenvalue weighted by atomic mass is 10.2. The standard InChI is InChI=1S/C15H15Cl2N3O/c16-13-5-3-12(11-14(13)17)4-6-15(21)18-7-1-9-20-10-2-8-19-20/h2-6,8,10-11H,1,7,9H2,(H,18,21)/b6-4+. The maximum atomic E-state index is 11.7. The summed E-state index contributed by atoms with van der Waals surface area (Å²) in [7, 11) is 0. The molecule has 0 aliphatic heterocycles. The van der Waals surface area contributed by atoms with Crippen LogP contribution < -0.4 is 5.32 Å². The van der Waals surface area contributed by atoms with Crippen LogP contribution in [0.25, 0.3) is 6.08 Å². The van der Waals surface area contributed by atoms with Crippen molar-refractivity contribution in [3.05, 3.63) is 58.3 Å². The largest absolute Gasteiger partial charge is 0.352 e. The van der Waals surface area contributed by atoms with E-state index in [1.807, 2.05) is 16.9 Å². The van der Waals surface area contributed by atoms with Crippen molar-refractivity contribution < 1.29 is 4.79 Å². The molecule has 0 aliphatic rings. The summed E-state index contributed by atoms with van der Waals surface area (Å²) in [5.74, 6) is -0.137. The zero-order chi connectivity index (χ0) is 15.1. The Bertz CT molecular complexity index is 624. The van der Waals surface area contributed by atoms with Gasteiger partial charge >= 0.3 is 0 Å². The normalized spacial score (nSPS) is 11.0. The molecule has 1 aromatic heterocycles. The number of carbonyl (C=O) groups excluding carboxylic acids is 1.